The van der Waals surface area contributed by atoms with Gasteiger partial charge in [0.25, 0.3) is 5.69 Å². The summed E-state index contributed by atoms with van der Waals surface area (Å²) in [6, 6.07) is 1.27. The summed E-state index contributed by atoms with van der Waals surface area (Å²) < 4.78 is 0. The number of hydrogen-bond acceptors (Lipinski definition) is 7. The number of rotatable bonds is 3. The van der Waals surface area contributed by atoms with Crippen LogP contribution in [0.3, 0.4) is 0 Å². The van der Waals surface area contributed by atoms with Gasteiger partial charge >= 0.3 is 0 Å². The van der Waals surface area contributed by atoms with E-state index >= 15 is 0 Å². The SMILES string of the molecule is CN1NN=C(Cc2ncc(Cl)cc2[N+](=O)[O-])N1. The zero-order valence-electron chi connectivity index (χ0n) is 8.85. The standard InChI is InChI=1S/C8H9ClN6O2/c1-14-12-8(11-13-14)3-6-7(15(16)17)2-5(9)4-10-6/h2,4,13H,3H2,1H3,(H,11,12). The maximum absolute atomic E-state index is 10.8. The lowest BCUT2D eigenvalue weighted by atomic mass is 10.2. The molecule has 9 heteroatoms. The Bertz CT molecular complexity index is 491. The molecule has 0 saturated carbocycles. The van der Waals surface area contributed by atoms with Crippen LogP contribution in [0.2, 0.25) is 5.02 Å². The summed E-state index contributed by atoms with van der Waals surface area (Å²) in [6.45, 7) is 0. The summed E-state index contributed by atoms with van der Waals surface area (Å²) in [6.07, 6.45) is 1.60. The van der Waals surface area contributed by atoms with E-state index in [4.69, 9.17) is 11.6 Å². The molecule has 0 spiro atoms. The van der Waals surface area contributed by atoms with Crippen LogP contribution in [0.25, 0.3) is 0 Å². The van der Waals surface area contributed by atoms with Gasteiger partial charge in [0.1, 0.15) is 11.5 Å². The summed E-state index contributed by atoms with van der Waals surface area (Å²) in [5.41, 5.74) is 5.69. The molecule has 1 aliphatic heterocycles. The van der Waals surface area contributed by atoms with E-state index < -0.39 is 4.92 Å². The molecule has 0 unspecified atom stereocenters. The summed E-state index contributed by atoms with van der Waals surface area (Å²) in [4.78, 5) is 14.3. The van der Waals surface area contributed by atoms with Gasteiger partial charge < -0.3 is 0 Å². The second-order valence-electron chi connectivity index (χ2n) is 3.38. The van der Waals surface area contributed by atoms with E-state index in [9.17, 15) is 10.1 Å². The van der Waals surface area contributed by atoms with Gasteiger partial charge in [-0.2, -0.15) is 0 Å². The monoisotopic (exact) mass is 256 g/mol. The molecular weight excluding hydrogens is 248 g/mol. The Labute approximate surface area is 101 Å². The van der Waals surface area contributed by atoms with E-state index in [1.54, 1.807) is 7.05 Å². The van der Waals surface area contributed by atoms with Crippen molar-refractivity contribution in [3.05, 3.63) is 33.1 Å². The Morgan fingerprint density at radius 2 is 2.41 bits per heavy atom. The smallest absolute Gasteiger partial charge is 0.286 e. The van der Waals surface area contributed by atoms with Crippen molar-refractivity contribution in [2.45, 2.75) is 6.42 Å². The van der Waals surface area contributed by atoms with Gasteiger partial charge in [-0.25, -0.2) is 5.53 Å². The number of nitrogens with zero attached hydrogens (tertiary/aromatic N) is 4. The van der Waals surface area contributed by atoms with Crippen LogP contribution in [0.1, 0.15) is 5.69 Å². The van der Waals surface area contributed by atoms with E-state index in [0.29, 0.717) is 11.5 Å². The first-order chi connectivity index (χ1) is 8.06. The van der Waals surface area contributed by atoms with Crippen LogP contribution in [0.5, 0.6) is 0 Å². The van der Waals surface area contributed by atoms with Crippen LogP contribution in [-0.4, -0.2) is 27.9 Å². The molecule has 0 fully saturated rings. The molecule has 0 aliphatic carbocycles. The Morgan fingerprint density at radius 1 is 1.65 bits per heavy atom. The van der Waals surface area contributed by atoms with E-state index in [0.717, 1.165) is 0 Å². The zero-order chi connectivity index (χ0) is 12.4. The summed E-state index contributed by atoms with van der Waals surface area (Å²) in [7, 11) is 1.72. The minimum atomic E-state index is -0.513. The molecule has 8 nitrogen and oxygen atoms in total. The van der Waals surface area contributed by atoms with Crippen molar-refractivity contribution in [3.63, 3.8) is 0 Å². The molecule has 0 bridgehead atoms. The highest BCUT2D eigenvalue weighted by atomic mass is 35.5. The number of nitrogens with one attached hydrogen (secondary N) is 2. The van der Waals surface area contributed by atoms with Gasteiger partial charge in [-0.1, -0.05) is 11.6 Å². The van der Waals surface area contributed by atoms with Gasteiger partial charge in [0, 0.05) is 19.3 Å². The van der Waals surface area contributed by atoms with Crippen LogP contribution in [0.15, 0.2) is 17.4 Å². The Kier molecular flexibility index (Phi) is 3.07. The fourth-order valence-corrected chi connectivity index (χ4v) is 1.52. The highest BCUT2D eigenvalue weighted by Crippen LogP contribution is 2.21. The van der Waals surface area contributed by atoms with Gasteiger partial charge in [0.05, 0.1) is 16.4 Å². The molecule has 2 N–H and O–H groups in total. The number of hydrazone groups is 1. The van der Waals surface area contributed by atoms with Gasteiger partial charge in [-0.3, -0.25) is 20.5 Å². The largest absolute Gasteiger partial charge is 0.292 e. The van der Waals surface area contributed by atoms with Crippen molar-refractivity contribution in [2.24, 2.45) is 5.10 Å². The Morgan fingerprint density at radius 3 is 3.00 bits per heavy atom. The van der Waals surface area contributed by atoms with E-state index in [-0.39, 0.29) is 17.1 Å². The first-order valence-corrected chi connectivity index (χ1v) is 5.05. The minimum Gasteiger partial charge on any atom is -0.286 e. The number of amidine groups is 1. The second-order valence-corrected chi connectivity index (χ2v) is 3.82. The third kappa shape index (κ3) is 2.60. The van der Waals surface area contributed by atoms with Crippen molar-refractivity contribution < 1.29 is 4.92 Å². The molecule has 0 amide bonds. The predicted molar refractivity (Wildman–Crippen MR) is 61.1 cm³/mol. The quantitative estimate of drug-likeness (QED) is 0.602. The second kappa shape index (κ2) is 4.52. The number of hydrazine groups is 2. The van der Waals surface area contributed by atoms with Gasteiger partial charge in [-0.15, -0.1) is 10.2 Å². The molecule has 0 atom stereocenters. The van der Waals surface area contributed by atoms with E-state index in [1.807, 2.05) is 0 Å². The molecule has 90 valence electrons. The van der Waals surface area contributed by atoms with Crippen molar-refractivity contribution in [1.82, 2.24) is 21.1 Å². The van der Waals surface area contributed by atoms with Gasteiger partial charge in [-0.05, 0) is 0 Å². The summed E-state index contributed by atoms with van der Waals surface area (Å²) in [5, 5.41) is 16.5. The molecule has 2 heterocycles. The molecule has 0 saturated heterocycles. The summed E-state index contributed by atoms with van der Waals surface area (Å²) in [5.74, 6) is 0.547. The molecule has 1 aliphatic rings. The van der Waals surface area contributed by atoms with Gasteiger partial charge in [0.15, 0.2) is 0 Å². The van der Waals surface area contributed by atoms with Crippen molar-refractivity contribution in [2.75, 3.05) is 7.05 Å². The highest BCUT2D eigenvalue weighted by molar-refractivity contribution is 6.30. The zero-order valence-corrected chi connectivity index (χ0v) is 9.60. The average molecular weight is 257 g/mol. The summed E-state index contributed by atoms with van der Waals surface area (Å²) >= 11 is 5.67. The number of halogens is 1. The van der Waals surface area contributed by atoms with Crippen molar-refractivity contribution >= 4 is 23.1 Å². The van der Waals surface area contributed by atoms with Crippen LogP contribution >= 0.6 is 11.6 Å². The lowest BCUT2D eigenvalue weighted by Crippen LogP contribution is -2.38. The average Bonchev–Trinajstić information content (AvgIpc) is 2.66. The van der Waals surface area contributed by atoms with Crippen LogP contribution < -0.4 is 11.0 Å². The third-order valence-electron chi connectivity index (χ3n) is 2.08. The molecule has 17 heavy (non-hydrogen) atoms. The molecule has 1 aromatic rings. The lowest BCUT2D eigenvalue weighted by Gasteiger charge is -2.07. The first kappa shape index (κ1) is 11.6. The molecule has 0 aromatic carbocycles. The number of aromatic nitrogens is 1. The van der Waals surface area contributed by atoms with Crippen molar-refractivity contribution in [1.29, 1.82) is 0 Å². The van der Waals surface area contributed by atoms with Crippen LogP contribution in [0, 0.1) is 10.1 Å². The Balaban J connectivity index is 2.23. The highest BCUT2D eigenvalue weighted by Gasteiger charge is 2.20. The van der Waals surface area contributed by atoms with E-state index in [1.165, 1.54) is 17.4 Å². The predicted octanol–water partition coefficient (Wildman–Crippen LogP) is 0.454. The lowest BCUT2D eigenvalue weighted by molar-refractivity contribution is -0.385. The molecule has 2 rings (SSSR count). The van der Waals surface area contributed by atoms with Crippen LogP contribution in [-0.2, 0) is 6.42 Å². The Hall–Kier alpha value is -1.93. The topological polar surface area (TPSA) is 95.7 Å². The minimum absolute atomic E-state index is 0.114. The molecule has 1 aromatic heterocycles. The number of nitro groups is 1. The normalized spacial score (nSPS) is 15.1. The van der Waals surface area contributed by atoms with E-state index in [2.05, 4.69) is 21.0 Å². The fourth-order valence-electron chi connectivity index (χ4n) is 1.37. The molecular formula is C8H9ClN6O2. The maximum atomic E-state index is 10.8. The first-order valence-electron chi connectivity index (χ1n) is 4.67. The van der Waals surface area contributed by atoms with Gasteiger partial charge in [0.2, 0.25) is 0 Å². The molecule has 0 radical (unpaired) electrons. The number of hydrogen-bond donors (Lipinski definition) is 2. The fraction of sp³-hybridized carbons (Fsp3) is 0.250. The maximum Gasteiger partial charge on any atom is 0.292 e. The van der Waals surface area contributed by atoms with Crippen LogP contribution in [0.4, 0.5) is 5.69 Å². The van der Waals surface area contributed by atoms with Crippen molar-refractivity contribution in [3.8, 4) is 0 Å². The third-order valence-corrected chi connectivity index (χ3v) is 2.28. The number of pyridine rings is 1.